The van der Waals surface area contributed by atoms with E-state index in [9.17, 15) is 0 Å². The second-order valence-corrected chi connectivity index (χ2v) is 6.68. The van der Waals surface area contributed by atoms with Crippen molar-refractivity contribution in [2.24, 2.45) is 5.41 Å². The van der Waals surface area contributed by atoms with E-state index in [4.69, 9.17) is 9.47 Å². The van der Waals surface area contributed by atoms with Crippen LogP contribution in [0, 0.1) is 5.41 Å². The molecule has 2 nitrogen and oxygen atoms in total. The summed E-state index contributed by atoms with van der Waals surface area (Å²) >= 11 is 0. The molecular weight excluding hydrogens is 212 g/mol. The first-order valence-electron chi connectivity index (χ1n) is 6.98. The summed E-state index contributed by atoms with van der Waals surface area (Å²) in [4.78, 5) is 0. The monoisotopic (exact) mass is 244 g/mol. The van der Waals surface area contributed by atoms with E-state index in [1.165, 1.54) is 25.7 Å². The molecule has 0 saturated heterocycles. The zero-order chi connectivity index (χ0) is 13.4. The Morgan fingerprint density at radius 1 is 0.824 bits per heavy atom. The minimum Gasteiger partial charge on any atom is -0.381 e. The van der Waals surface area contributed by atoms with Gasteiger partial charge in [0.25, 0.3) is 0 Å². The van der Waals surface area contributed by atoms with Gasteiger partial charge in [0, 0.05) is 12.0 Å². The van der Waals surface area contributed by atoms with Gasteiger partial charge in [-0.3, -0.25) is 0 Å². The van der Waals surface area contributed by atoms with Gasteiger partial charge in [-0.15, -0.1) is 0 Å². The quantitative estimate of drug-likeness (QED) is 0.559. The first kappa shape index (κ1) is 16.9. The molecule has 0 heterocycles. The summed E-state index contributed by atoms with van der Waals surface area (Å²) in [5.41, 5.74) is 0.0520. The van der Waals surface area contributed by atoms with Gasteiger partial charge < -0.3 is 9.47 Å². The van der Waals surface area contributed by atoms with E-state index in [0.29, 0.717) is 0 Å². The molecule has 0 aliphatic heterocycles. The Morgan fingerprint density at radius 3 is 2.00 bits per heavy atom. The predicted molar refractivity (Wildman–Crippen MR) is 74.4 cm³/mol. The standard InChI is InChI=1S/C15H32O2/c1-7-8-9-10-11-16-12-15(5,6)13-17-14(2,3)4/h7-13H2,1-6H3. The highest BCUT2D eigenvalue weighted by molar-refractivity contribution is 4.70. The Labute approximate surface area is 108 Å². The highest BCUT2D eigenvalue weighted by Gasteiger charge is 2.22. The third kappa shape index (κ3) is 12.2. The maximum Gasteiger partial charge on any atom is 0.0598 e. The zero-order valence-electron chi connectivity index (χ0n) is 12.8. The van der Waals surface area contributed by atoms with Crippen LogP contribution in [0.25, 0.3) is 0 Å². The van der Waals surface area contributed by atoms with E-state index in [1.807, 2.05) is 0 Å². The van der Waals surface area contributed by atoms with Crippen LogP contribution in [0.5, 0.6) is 0 Å². The highest BCUT2D eigenvalue weighted by atomic mass is 16.5. The molecule has 0 amide bonds. The van der Waals surface area contributed by atoms with Crippen molar-refractivity contribution in [1.82, 2.24) is 0 Å². The van der Waals surface area contributed by atoms with E-state index in [0.717, 1.165) is 19.8 Å². The molecule has 0 aromatic heterocycles. The van der Waals surface area contributed by atoms with Crippen molar-refractivity contribution in [1.29, 1.82) is 0 Å². The average Bonchev–Trinajstić information content (AvgIpc) is 2.20. The summed E-state index contributed by atoms with van der Waals surface area (Å²) in [6, 6.07) is 0. The fourth-order valence-corrected chi connectivity index (χ4v) is 1.43. The minimum atomic E-state index is -0.0571. The predicted octanol–water partition coefficient (Wildman–Crippen LogP) is 4.42. The van der Waals surface area contributed by atoms with Gasteiger partial charge in [0.15, 0.2) is 0 Å². The summed E-state index contributed by atoms with van der Waals surface area (Å²) in [7, 11) is 0. The largest absolute Gasteiger partial charge is 0.381 e. The first-order valence-corrected chi connectivity index (χ1v) is 6.98. The lowest BCUT2D eigenvalue weighted by Gasteiger charge is -2.29. The van der Waals surface area contributed by atoms with Crippen molar-refractivity contribution in [3.8, 4) is 0 Å². The fourth-order valence-electron chi connectivity index (χ4n) is 1.43. The van der Waals surface area contributed by atoms with Gasteiger partial charge >= 0.3 is 0 Å². The Morgan fingerprint density at radius 2 is 1.47 bits per heavy atom. The van der Waals surface area contributed by atoms with Crippen LogP contribution in [0.15, 0.2) is 0 Å². The van der Waals surface area contributed by atoms with Gasteiger partial charge in [-0.05, 0) is 27.2 Å². The van der Waals surface area contributed by atoms with E-state index in [2.05, 4.69) is 41.5 Å². The molecule has 0 rings (SSSR count). The van der Waals surface area contributed by atoms with Crippen LogP contribution in [0.4, 0.5) is 0 Å². The molecule has 0 atom stereocenters. The smallest absolute Gasteiger partial charge is 0.0598 e. The van der Waals surface area contributed by atoms with Crippen molar-refractivity contribution in [3.05, 3.63) is 0 Å². The molecule has 0 saturated carbocycles. The minimum absolute atomic E-state index is 0.0571. The maximum absolute atomic E-state index is 5.81. The van der Waals surface area contributed by atoms with Crippen LogP contribution >= 0.6 is 0 Å². The van der Waals surface area contributed by atoms with Crippen LogP contribution in [0.1, 0.15) is 67.2 Å². The van der Waals surface area contributed by atoms with Crippen LogP contribution < -0.4 is 0 Å². The molecule has 0 bridgehead atoms. The van der Waals surface area contributed by atoms with Crippen molar-refractivity contribution >= 4 is 0 Å². The highest BCUT2D eigenvalue weighted by Crippen LogP contribution is 2.20. The molecular formula is C15H32O2. The zero-order valence-corrected chi connectivity index (χ0v) is 12.8. The second kappa shape index (κ2) is 8.10. The van der Waals surface area contributed by atoms with Gasteiger partial charge in [-0.25, -0.2) is 0 Å². The summed E-state index contributed by atoms with van der Waals surface area (Å²) in [6.07, 6.45) is 5.07. The van der Waals surface area contributed by atoms with E-state index in [-0.39, 0.29) is 11.0 Å². The Balaban J connectivity index is 3.57. The van der Waals surface area contributed by atoms with Crippen LogP contribution in [0.2, 0.25) is 0 Å². The SMILES string of the molecule is CCCCCCOCC(C)(C)COC(C)(C)C. The molecule has 104 valence electrons. The van der Waals surface area contributed by atoms with Crippen molar-refractivity contribution in [3.63, 3.8) is 0 Å². The molecule has 0 aliphatic carbocycles. The van der Waals surface area contributed by atoms with Gasteiger partial charge in [-0.1, -0.05) is 40.0 Å². The van der Waals surface area contributed by atoms with Crippen LogP contribution in [-0.4, -0.2) is 25.4 Å². The topological polar surface area (TPSA) is 18.5 Å². The lowest BCUT2D eigenvalue weighted by atomic mass is 9.96. The average molecular weight is 244 g/mol. The third-order valence-electron chi connectivity index (χ3n) is 2.53. The molecule has 2 heteroatoms. The lowest BCUT2D eigenvalue weighted by molar-refractivity contribution is -0.0669. The van der Waals surface area contributed by atoms with Crippen molar-refractivity contribution in [2.45, 2.75) is 72.8 Å². The van der Waals surface area contributed by atoms with Crippen LogP contribution in [-0.2, 0) is 9.47 Å². The van der Waals surface area contributed by atoms with E-state index in [1.54, 1.807) is 0 Å². The summed E-state index contributed by atoms with van der Waals surface area (Å²) in [6.45, 7) is 15.3. The summed E-state index contributed by atoms with van der Waals surface area (Å²) in [5.74, 6) is 0. The number of rotatable bonds is 9. The van der Waals surface area contributed by atoms with Gasteiger partial charge in [0.1, 0.15) is 0 Å². The summed E-state index contributed by atoms with van der Waals surface area (Å²) in [5, 5.41) is 0. The molecule has 0 unspecified atom stereocenters. The first-order chi connectivity index (χ1) is 7.77. The molecule has 0 aromatic carbocycles. The Kier molecular flexibility index (Phi) is 8.06. The molecule has 0 spiro atoms. The number of hydrogen-bond donors (Lipinski definition) is 0. The van der Waals surface area contributed by atoms with Crippen LogP contribution in [0.3, 0.4) is 0 Å². The van der Waals surface area contributed by atoms with Crippen molar-refractivity contribution < 1.29 is 9.47 Å². The Bertz CT molecular complexity index is 180. The van der Waals surface area contributed by atoms with Crippen molar-refractivity contribution in [2.75, 3.05) is 19.8 Å². The molecule has 0 N–H and O–H groups in total. The number of hydrogen-bond acceptors (Lipinski definition) is 2. The normalized spacial score (nSPS) is 13.1. The Hall–Kier alpha value is -0.0800. The molecule has 0 radical (unpaired) electrons. The van der Waals surface area contributed by atoms with Gasteiger partial charge in [0.2, 0.25) is 0 Å². The molecule has 0 aliphatic rings. The molecule has 17 heavy (non-hydrogen) atoms. The molecule has 0 aromatic rings. The second-order valence-electron chi connectivity index (χ2n) is 6.68. The number of unbranched alkanes of at least 4 members (excludes halogenated alkanes) is 3. The fraction of sp³-hybridized carbons (Fsp3) is 1.00. The van der Waals surface area contributed by atoms with E-state index >= 15 is 0 Å². The number of ether oxygens (including phenoxy) is 2. The van der Waals surface area contributed by atoms with Gasteiger partial charge in [-0.2, -0.15) is 0 Å². The van der Waals surface area contributed by atoms with Gasteiger partial charge in [0.05, 0.1) is 18.8 Å². The lowest BCUT2D eigenvalue weighted by Crippen LogP contribution is -2.31. The van der Waals surface area contributed by atoms with E-state index < -0.39 is 0 Å². The maximum atomic E-state index is 5.81. The third-order valence-corrected chi connectivity index (χ3v) is 2.53. The summed E-state index contributed by atoms with van der Waals surface area (Å²) < 4.78 is 11.5. The molecule has 0 fully saturated rings.